The average molecular weight is 234 g/mol. The Labute approximate surface area is 98.4 Å². The van der Waals surface area contributed by atoms with Crippen LogP contribution in [0.4, 0.5) is 0 Å². The molecule has 0 aromatic rings. The second kappa shape index (κ2) is 8.96. The van der Waals surface area contributed by atoms with Gasteiger partial charge in [0.1, 0.15) is 0 Å². The van der Waals surface area contributed by atoms with Gasteiger partial charge < -0.3 is 0 Å². The third kappa shape index (κ3) is 6.23. The van der Waals surface area contributed by atoms with E-state index in [1.54, 1.807) is 0 Å². The molecule has 14 heavy (non-hydrogen) atoms. The molecule has 0 rings (SSSR count). The quantitative estimate of drug-likeness (QED) is 0.517. The van der Waals surface area contributed by atoms with E-state index in [1.807, 2.05) is 0 Å². The highest BCUT2D eigenvalue weighted by Gasteiger charge is 2.18. The lowest BCUT2D eigenvalue weighted by molar-refractivity contribution is 0.441. The lowest BCUT2D eigenvalue weighted by Gasteiger charge is -2.24. The first-order valence-corrected chi connectivity index (χ1v) is 8.25. The van der Waals surface area contributed by atoms with Crippen molar-refractivity contribution in [2.75, 3.05) is 0 Å². The van der Waals surface area contributed by atoms with Crippen LogP contribution in [-0.4, -0.2) is 10.5 Å². The van der Waals surface area contributed by atoms with Gasteiger partial charge in [-0.15, -0.1) is 0 Å². The first-order chi connectivity index (χ1) is 6.65. The number of rotatable bonds is 8. The summed E-state index contributed by atoms with van der Waals surface area (Å²) in [7, 11) is 4.17. The van der Waals surface area contributed by atoms with Gasteiger partial charge in [-0.2, -0.15) is 0 Å². The zero-order valence-electron chi connectivity index (χ0n) is 10.4. The van der Waals surface area contributed by atoms with E-state index in [2.05, 4.69) is 56.2 Å². The van der Waals surface area contributed by atoms with E-state index in [-0.39, 0.29) is 0 Å². The molecule has 0 nitrogen and oxygen atoms in total. The topological polar surface area (TPSA) is 0 Å². The van der Waals surface area contributed by atoms with Crippen molar-refractivity contribution in [2.45, 2.75) is 70.8 Å². The van der Waals surface area contributed by atoms with Gasteiger partial charge in [0.25, 0.3) is 0 Å². The maximum absolute atomic E-state index is 2.34. The molecule has 0 aromatic heterocycles. The van der Waals surface area contributed by atoms with Gasteiger partial charge in [0, 0.05) is 10.5 Å². The van der Waals surface area contributed by atoms with E-state index in [0.29, 0.717) is 0 Å². The summed E-state index contributed by atoms with van der Waals surface area (Å²) in [5, 5.41) is 1.63. The van der Waals surface area contributed by atoms with Crippen LogP contribution in [0.3, 0.4) is 0 Å². The summed E-state index contributed by atoms with van der Waals surface area (Å²) >= 11 is 0. The normalized spacial score (nSPS) is 15.9. The highest BCUT2D eigenvalue weighted by molar-refractivity contribution is 8.77. The molecule has 0 radical (unpaired) electrons. The van der Waals surface area contributed by atoms with E-state index in [4.69, 9.17) is 0 Å². The highest BCUT2D eigenvalue weighted by atomic mass is 33.1. The van der Waals surface area contributed by atoms with Crippen molar-refractivity contribution in [1.29, 1.82) is 0 Å². The summed E-state index contributed by atoms with van der Waals surface area (Å²) in [5.74, 6) is 0.932. The fraction of sp³-hybridized carbons (Fsp3) is 1.00. The number of hydrogen-bond acceptors (Lipinski definition) is 2. The van der Waals surface area contributed by atoms with Crippen molar-refractivity contribution in [3.05, 3.63) is 0 Å². The third-order valence-electron chi connectivity index (χ3n) is 2.48. The van der Waals surface area contributed by atoms with E-state index in [9.17, 15) is 0 Å². The minimum Gasteiger partial charge on any atom is -0.0910 e. The van der Waals surface area contributed by atoms with Crippen LogP contribution in [0.1, 0.15) is 60.3 Å². The van der Waals surface area contributed by atoms with Gasteiger partial charge in [-0.3, -0.25) is 0 Å². The molecule has 0 saturated carbocycles. The van der Waals surface area contributed by atoms with Gasteiger partial charge in [-0.25, -0.2) is 0 Å². The molecule has 0 N–H and O–H groups in total. The smallest absolute Gasteiger partial charge is 0.0177 e. The Kier molecular flexibility index (Phi) is 9.41. The summed E-state index contributed by atoms with van der Waals surface area (Å²) in [6, 6.07) is 0. The molecule has 0 aromatic carbocycles. The van der Waals surface area contributed by atoms with Crippen LogP contribution in [0.15, 0.2) is 0 Å². The van der Waals surface area contributed by atoms with E-state index >= 15 is 0 Å². The Morgan fingerprint density at radius 2 is 1.57 bits per heavy atom. The summed E-state index contributed by atoms with van der Waals surface area (Å²) in [4.78, 5) is 0. The molecule has 0 heterocycles. The van der Waals surface area contributed by atoms with Crippen LogP contribution in [0.5, 0.6) is 0 Å². The molecule has 86 valence electrons. The Morgan fingerprint density at radius 3 is 1.93 bits per heavy atom. The van der Waals surface area contributed by atoms with E-state index in [1.165, 1.54) is 25.7 Å². The van der Waals surface area contributed by atoms with Crippen LogP contribution in [0, 0.1) is 5.92 Å². The zero-order valence-corrected chi connectivity index (χ0v) is 12.0. The first-order valence-electron chi connectivity index (χ1n) is 5.97. The van der Waals surface area contributed by atoms with Gasteiger partial charge in [-0.1, -0.05) is 69.0 Å². The minimum absolute atomic E-state index is 0.758. The van der Waals surface area contributed by atoms with E-state index in [0.717, 1.165) is 16.4 Å². The monoisotopic (exact) mass is 234 g/mol. The first kappa shape index (κ1) is 14.7. The fourth-order valence-electron chi connectivity index (χ4n) is 1.69. The molecule has 0 aliphatic rings. The third-order valence-corrected chi connectivity index (χ3v) is 6.17. The number of hydrogen-bond donors (Lipinski definition) is 0. The Balaban J connectivity index is 3.94. The maximum Gasteiger partial charge on any atom is 0.0177 e. The van der Waals surface area contributed by atoms with Crippen LogP contribution in [-0.2, 0) is 0 Å². The van der Waals surface area contributed by atoms with Crippen LogP contribution < -0.4 is 0 Å². The van der Waals surface area contributed by atoms with Gasteiger partial charge in [0.05, 0.1) is 0 Å². The van der Waals surface area contributed by atoms with Crippen LogP contribution in [0.2, 0.25) is 0 Å². The lowest BCUT2D eigenvalue weighted by Crippen LogP contribution is -2.15. The van der Waals surface area contributed by atoms with Gasteiger partial charge in [-0.05, 0) is 18.8 Å². The standard InChI is InChI=1S/C12H26S2/c1-6-9-11(7-2)12(8-3)14-13-10(4)5/h10-12H,6-9H2,1-5H3/t11?,12-/m0/s1. The molecule has 0 spiro atoms. The second-order valence-electron chi connectivity index (χ2n) is 4.14. The van der Waals surface area contributed by atoms with Gasteiger partial charge in [0.15, 0.2) is 0 Å². The molecule has 0 bridgehead atoms. The summed E-state index contributed by atoms with van der Waals surface area (Å²) in [5.41, 5.74) is 0. The molecule has 2 atom stereocenters. The predicted molar refractivity (Wildman–Crippen MR) is 73.1 cm³/mol. The molecule has 1 unspecified atom stereocenters. The Morgan fingerprint density at radius 1 is 0.929 bits per heavy atom. The molecular weight excluding hydrogens is 208 g/mol. The summed E-state index contributed by atoms with van der Waals surface area (Å²) in [6.45, 7) is 11.5. The largest absolute Gasteiger partial charge is 0.0910 e. The van der Waals surface area contributed by atoms with Crippen molar-refractivity contribution < 1.29 is 0 Å². The Bertz CT molecular complexity index is 123. The molecular formula is C12H26S2. The molecule has 0 fully saturated rings. The Hall–Kier alpha value is 0.700. The second-order valence-corrected chi connectivity index (χ2v) is 7.23. The average Bonchev–Trinajstić information content (AvgIpc) is 2.16. The van der Waals surface area contributed by atoms with E-state index < -0.39 is 0 Å². The van der Waals surface area contributed by atoms with Crippen molar-refractivity contribution in [3.63, 3.8) is 0 Å². The molecule has 2 heteroatoms. The van der Waals surface area contributed by atoms with Crippen molar-refractivity contribution in [2.24, 2.45) is 5.92 Å². The zero-order chi connectivity index (χ0) is 11.0. The van der Waals surface area contributed by atoms with Gasteiger partial charge in [0.2, 0.25) is 0 Å². The summed E-state index contributed by atoms with van der Waals surface area (Å²) < 4.78 is 0. The minimum atomic E-state index is 0.758. The van der Waals surface area contributed by atoms with Crippen molar-refractivity contribution in [3.8, 4) is 0 Å². The van der Waals surface area contributed by atoms with Crippen LogP contribution >= 0.6 is 21.6 Å². The molecule has 0 aliphatic heterocycles. The highest BCUT2D eigenvalue weighted by Crippen LogP contribution is 2.38. The lowest BCUT2D eigenvalue weighted by atomic mass is 9.95. The summed E-state index contributed by atoms with van der Waals surface area (Å²) in [6.07, 6.45) is 5.41. The predicted octanol–water partition coefficient (Wildman–Crippen LogP) is 5.38. The fourth-order valence-corrected chi connectivity index (χ4v) is 4.65. The van der Waals surface area contributed by atoms with Crippen molar-refractivity contribution in [1.82, 2.24) is 0 Å². The molecule has 0 amide bonds. The SMILES string of the molecule is CCCC(CC)[C@H](CC)SSC(C)C. The van der Waals surface area contributed by atoms with Crippen molar-refractivity contribution >= 4 is 21.6 Å². The molecule has 0 aliphatic carbocycles. The van der Waals surface area contributed by atoms with Crippen LogP contribution in [0.25, 0.3) is 0 Å². The maximum atomic E-state index is 2.34. The molecule has 0 saturated heterocycles. The van der Waals surface area contributed by atoms with Gasteiger partial charge >= 0.3 is 0 Å².